The van der Waals surface area contributed by atoms with Gasteiger partial charge in [-0.05, 0) is 12.8 Å². The Morgan fingerprint density at radius 3 is 1.16 bits per heavy atom. The highest BCUT2D eigenvalue weighted by Crippen LogP contribution is 2.13. The average Bonchev–Trinajstić information content (AvgIpc) is 2.76. The minimum absolute atomic E-state index is 0.234. The molecule has 0 radical (unpaired) electrons. The third kappa shape index (κ3) is 17.3. The van der Waals surface area contributed by atoms with Crippen LogP contribution in [0.25, 0.3) is 0 Å². The summed E-state index contributed by atoms with van der Waals surface area (Å²) >= 11 is 0. The van der Waals surface area contributed by atoms with Crippen molar-refractivity contribution in [2.24, 2.45) is 0 Å². The van der Waals surface area contributed by atoms with Gasteiger partial charge in [0.15, 0.2) is 0 Å². The summed E-state index contributed by atoms with van der Waals surface area (Å²) in [7, 11) is 0. The number of hydrogen-bond acceptors (Lipinski definition) is 6. The second kappa shape index (κ2) is 20.5. The molecule has 0 aliphatic heterocycles. The van der Waals surface area contributed by atoms with Crippen molar-refractivity contribution in [3.8, 4) is 0 Å². The molecule has 6 heteroatoms. The molecule has 32 heavy (non-hydrogen) atoms. The Morgan fingerprint density at radius 2 is 0.875 bits per heavy atom. The molecular formula is C26H39O6-3. The van der Waals surface area contributed by atoms with E-state index in [1.807, 2.05) is 0 Å². The fraction of sp³-hybridized carbons (Fsp3) is 0.654. The number of hydrogen-bond donors (Lipinski definition) is 0. The Kier molecular flexibility index (Phi) is 19.0. The molecular weight excluding hydrogens is 408 g/mol. The third-order valence-electron chi connectivity index (χ3n) is 5.35. The molecule has 0 N–H and O–H groups in total. The fourth-order valence-electron chi connectivity index (χ4n) is 3.48. The van der Waals surface area contributed by atoms with Crippen LogP contribution in [0.15, 0.2) is 24.3 Å². The van der Waals surface area contributed by atoms with E-state index in [1.54, 1.807) is 0 Å². The van der Waals surface area contributed by atoms with Crippen molar-refractivity contribution >= 4 is 17.9 Å². The molecule has 0 aliphatic rings. The minimum atomic E-state index is -1.52. The molecule has 0 fully saturated rings. The van der Waals surface area contributed by atoms with Gasteiger partial charge in [-0.15, -0.1) is 0 Å². The standard InChI is InChI=1S/C18H36O2.C8H6O4/c1-2-3-4-5-6-7-8-9-10-11-12-13-14-15-16-17-18(19)20;9-7(10)5-3-1-2-4-6(5)8(11)12/h2-17H2,1H3,(H,19,20);1-4H,(H,9,10)(H,11,12)/p-3. The van der Waals surface area contributed by atoms with Crippen molar-refractivity contribution in [3.63, 3.8) is 0 Å². The molecule has 0 spiro atoms. The highest BCUT2D eigenvalue weighted by Gasteiger charge is 2.01. The minimum Gasteiger partial charge on any atom is -0.550 e. The van der Waals surface area contributed by atoms with Crippen molar-refractivity contribution in [1.82, 2.24) is 0 Å². The number of aliphatic carboxylic acids is 1. The molecule has 0 saturated heterocycles. The van der Waals surface area contributed by atoms with Gasteiger partial charge in [0.1, 0.15) is 0 Å². The van der Waals surface area contributed by atoms with E-state index in [1.165, 1.54) is 95.6 Å². The van der Waals surface area contributed by atoms with E-state index >= 15 is 0 Å². The molecule has 0 aliphatic carbocycles. The normalized spacial score (nSPS) is 10.3. The molecule has 1 rings (SSSR count). The summed E-state index contributed by atoms with van der Waals surface area (Å²) in [5.74, 6) is -3.94. The molecule has 1 aromatic rings. The molecule has 6 nitrogen and oxygen atoms in total. The zero-order valence-corrected chi connectivity index (χ0v) is 19.6. The second-order valence-corrected chi connectivity index (χ2v) is 8.19. The van der Waals surface area contributed by atoms with Gasteiger partial charge in [0.2, 0.25) is 0 Å². The van der Waals surface area contributed by atoms with Crippen molar-refractivity contribution in [2.45, 2.75) is 110 Å². The van der Waals surface area contributed by atoms with Crippen molar-refractivity contribution in [3.05, 3.63) is 35.4 Å². The Labute approximate surface area is 193 Å². The summed E-state index contributed by atoms with van der Waals surface area (Å²) in [6.45, 7) is 2.27. The fourth-order valence-corrected chi connectivity index (χ4v) is 3.48. The van der Waals surface area contributed by atoms with Crippen LogP contribution in [0.5, 0.6) is 0 Å². The molecule has 0 aromatic heterocycles. The molecule has 0 bridgehead atoms. The van der Waals surface area contributed by atoms with Crippen LogP contribution in [0.3, 0.4) is 0 Å². The largest absolute Gasteiger partial charge is 0.550 e. The summed E-state index contributed by atoms with van der Waals surface area (Å²) in [5, 5.41) is 30.9. The zero-order chi connectivity index (χ0) is 24.0. The molecule has 0 heterocycles. The molecule has 0 atom stereocenters. The van der Waals surface area contributed by atoms with Crippen molar-refractivity contribution in [1.29, 1.82) is 0 Å². The molecule has 0 unspecified atom stereocenters. The highest BCUT2D eigenvalue weighted by atomic mass is 16.4. The van der Waals surface area contributed by atoms with Gasteiger partial charge in [-0.2, -0.15) is 0 Å². The molecule has 1 aromatic carbocycles. The van der Waals surface area contributed by atoms with Crippen LogP contribution < -0.4 is 15.3 Å². The van der Waals surface area contributed by atoms with E-state index in [-0.39, 0.29) is 17.5 Å². The van der Waals surface area contributed by atoms with Crippen LogP contribution in [0, 0.1) is 0 Å². The molecule has 0 saturated carbocycles. The van der Waals surface area contributed by atoms with Gasteiger partial charge in [0.25, 0.3) is 0 Å². The van der Waals surface area contributed by atoms with Crippen LogP contribution in [0.1, 0.15) is 130 Å². The summed E-state index contributed by atoms with van der Waals surface area (Å²) in [6.07, 6.45) is 19.9. The molecule has 182 valence electrons. The SMILES string of the molecule is CCCCCCCCCCCCCCCCCC(=O)[O-].O=C([O-])c1ccccc1C(=O)[O-]. The van der Waals surface area contributed by atoms with Crippen molar-refractivity contribution < 1.29 is 29.7 Å². The smallest absolute Gasteiger partial charge is 0.0721 e. The number of carbonyl (C=O) groups excluding carboxylic acids is 3. The third-order valence-corrected chi connectivity index (χ3v) is 5.35. The number of benzene rings is 1. The molecule has 0 amide bonds. The Balaban J connectivity index is 0.000000677. The first-order valence-electron chi connectivity index (χ1n) is 12.1. The van der Waals surface area contributed by atoms with Gasteiger partial charge in [-0.1, -0.05) is 121 Å². The highest BCUT2D eigenvalue weighted by molar-refractivity contribution is 5.99. The van der Waals surface area contributed by atoms with Gasteiger partial charge in [0.05, 0.1) is 11.9 Å². The Hall–Kier alpha value is -2.37. The van der Waals surface area contributed by atoms with Gasteiger partial charge in [-0.3, -0.25) is 0 Å². The first-order chi connectivity index (χ1) is 15.4. The average molecular weight is 448 g/mol. The van der Waals surface area contributed by atoms with Crippen LogP contribution in [0.2, 0.25) is 0 Å². The van der Waals surface area contributed by atoms with E-state index in [0.29, 0.717) is 0 Å². The number of carboxylic acid groups (broad SMARTS) is 3. The van der Waals surface area contributed by atoms with E-state index in [0.717, 1.165) is 25.0 Å². The lowest BCUT2D eigenvalue weighted by Gasteiger charge is -2.09. The Morgan fingerprint density at radius 1 is 0.562 bits per heavy atom. The first-order valence-corrected chi connectivity index (χ1v) is 12.1. The topological polar surface area (TPSA) is 120 Å². The predicted molar refractivity (Wildman–Crippen MR) is 120 cm³/mol. The van der Waals surface area contributed by atoms with E-state index in [2.05, 4.69) is 6.92 Å². The summed E-state index contributed by atoms with van der Waals surface area (Å²) in [4.78, 5) is 30.9. The lowest BCUT2D eigenvalue weighted by molar-refractivity contribution is -0.305. The van der Waals surface area contributed by atoms with Crippen LogP contribution in [-0.4, -0.2) is 17.9 Å². The van der Waals surface area contributed by atoms with Crippen LogP contribution in [0.4, 0.5) is 0 Å². The maximum absolute atomic E-state index is 10.3. The number of unbranched alkanes of at least 4 members (excludes halogenated alkanes) is 14. The predicted octanol–water partition coefficient (Wildman–Crippen LogP) is 3.41. The lowest BCUT2D eigenvalue weighted by atomic mass is 10.0. The maximum atomic E-state index is 10.3. The summed E-state index contributed by atoms with van der Waals surface area (Å²) in [5.41, 5.74) is -0.727. The number of carboxylic acids is 3. The first kappa shape index (κ1) is 29.6. The lowest BCUT2D eigenvalue weighted by Crippen LogP contribution is -2.29. The van der Waals surface area contributed by atoms with Gasteiger partial charge >= 0.3 is 0 Å². The van der Waals surface area contributed by atoms with Gasteiger partial charge < -0.3 is 29.7 Å². The number of aromatic carboxylic acids is 2. The quantitative estimate of drug-likeness (QED) is 0.318. The van der Waals surface area contributed by atoms with Crippen LogP contribution >= 0.6 is 0 Å². The number of carbonyl (C=O) groups is 3. The van der Waals surface area contributed by atoms with E-state index in [9.17, 15) is 29.7 Å². The zero-order valence-electron chi connectivity index (χ0n) is 19.6. The second-order valence-electron chi connectivity index (χ2n) is 8.19. The van der Waals surface area contributed by atoms with E-state index < -0.39 is 17.9 Å². The maximum Gasteiger partial charge on any atom is 0.0721 e. The van der Waals surface area contributed by atoms with Gasteiger partial charge in [-0.25, -0.2) is 0 Å². The summed E-state index contributed by atoms with van der Waals surface area (Å²) < 4.78 is 0. The Bertz CT molecular complexity index is 608. The monoisotopic (exact) mass is 447 g/mol. The van der Waals surface area contributed by atoms with Crippen LogP contribution in [-0.2, 0) is 4.79 Å². The summed E-state index contributed by atoms with van der Waals surface area (Å²) in [6, 6.07) is 5.14. The van der Waals surface area contributed by atoms with E-state index in [4.69, 9.17) is 0 Å². The van der Waals surface area contributed by atoms with Gasteiger partial charge in [0, 0.05) is 17.1 Å². The number of rotatable bonds is 18. The van der Waals surface area contributed by atoms with Crippen molar-refractivity contribution in [2.75, 3.05) is 0 Å².